The van der Waals surface area contributed by atoms with Crippen LogP contribution in [0.1, 0.15) is 16.7 Å². The third-order valence-corrected chi connectivity index (χ3v) is 4.70. The molecule has 0 N–H and O–H groups in total. The molecular weight excluding hydrogens is 420 g/mol. The number of hydrogen-bond donors (Lipinski definition) is 0. The number of cyclic esters (lactones) is 1. The van der Waals surface area contributed by atoms with E-state index in [1.54, 1.807) is 30.3 Å². The van der Waals surface area contributed by atoms with Crippen LogP contribution < -0.4 is 4.74 Å². The summed E-state index contributed by atoms with van der Waals surface area (Å²) in [6.45, 7) is 0.410. The highest BCUT2D eigenvalue weighted by Gasteiger charge is 2.24. The highest BCUT2D eigenvalue weighted by Crippen LogP contribution is 2.22. The fourth-order valence-electron chi connectivity index (χ4n) is 2.82. The third kappa shape index (κ3) is 4.96. The van der Waals surface area contributed by atoms with Gasteiger partial charge in [0.1, 0.15) is 12.4 Å². The number of carbonyl (C=O) groups excluding carboxylic acids is 1. The number of carbonyl (C=O) groups is 1. The minimum atomic E-state index is -0.587. The van der Waals surface area contributed by atoms with Gasteiger partial charge in [-0.3, -0.25) is 10.1 Å². The van der Waals surface area contributed by atoms with Gasteiger partial charge in [0.2, 0.25) is 5.90 Å². The van der Waals surface area contributed by atoms with Crippen LogP contribution in [0.4, 0.5) is 5.69 Å². The van der Waals surface area contributed by atoms with Crippen LogP contribution in [0, 0.1) is 10.1 Å². The summed E-state index contributed by atoms with van der Waals surface area (Å²) in [5, 5.41) is 11.4. The van der Waals surface area contributed by atoms with Gasteiger partial charge in [-0.2, -0.15) is 0 Å². The van der Waals surface area contributed by atoms with E-state index in [1.165, 1.54) is 24.3 Å². The number of esters is 1. The number of rotatable bonds is 6. The molecule has 3 aromatic carbocycles. The Morgan fingerprint density at radius 3 is 2.32 bits per heavy atom. The lowest BCUT2D eigenvalue weighted by Crippen LogP contribution is -2.05. The first-order valence-electron chi connectivity index (χ1n) is 9.23. The van der Waals surface area contributed by atoms with Crippen molar-refractivity contribution in [3.05, 3.63) is 110 Å². The van der Waals surface area contributed by atoms with Gasteiger partial charge in [0.05, 0.1) is 4.92 Å². The van der Waals surface area contributed by atoms with Crippen molar-refractivity contribution in [1.82, 2.24) is 0 Å². The van der Waals surface area contributed by atoms with E-state index in [1.807, 2.05) is 24.3 Å². The van der Waals surface area contributed by atoms with Crippen LogP contribution in [-0.4, -0.2) is 16.8 Å². The summed E-state index contributed by atoms with van der Waals surface area (Å²) in [4.78, 5) is 26.6. The first kappa shape index (κ1) is 20.3. The largest absolute Gasteiger partial charge is 0.489 e. The molecule has 1 heterocycles. The Balaban J connectivity index is 1.44. The van der Waals surface area contributed by atoms with Gasteiger partial charge in [-0.15, -0.1) is 0 Å². The maximum absolute atomic E-state index is 12.1. The number of aliphatic imine (C=N–C) groups is 1. The van der Waals surface area contributed by atoms with Crippen molar-refractivity contribution in [2.24, 2.45) is 4.99 Å². The van der Waals surface area contributed by atoms with Crippen LogP contribution >= 0.6 is 11.6 Å². The molecule has 0 saturated carbocycles. The van der Waals surface area contributed by atoms with Crippen molar-refractivity contribution in [2.45, 2.75) is 6.61 Å². The van der Waals surface area contributed by atoms with Crippen molar-refractivity contribution in [3.8, 4) is 5.75 Å². The molecule has 1 aliphatic heterocycles. The van der Waals surface area contributed by atoms with E-state index in [9.17, 15) is 14.9 Å². The molecule has 0 aromatic heterocycles. The Kier molecular flexibility index (Phi) is 5.77. The smallest absolute Gasteiger partial charge is 0.363 e. The lowest BCUT2D eigenvalue weighted by atomic mass is 10.2. The Labute approximate surface area is 182 Å². The first-order chi connectivity index (χ1) is 15.0. The van der Waals surface area contributed by atoms with Crippen molar-refractivity contribution < 1.29 is 19.2 Å². The van der Waals surface area contributed by atoms with Crippen molar-refractivity contribution in [2.75, 3.05) is 0 Å². The summed E-state index contributed by atoms with van der Waals surface area (Å²) < 4.78 is 10.9. The van der Waals surface area contributed by atoms with Crippen LogP contribution in [0.15, 0.2) is 83.5 Å². The molecule has 0 atom stereocenters. The molecule has 3 aromatic rings. The van der Waals surface area contributed by atoms with E-state index >= 15 is 0 Å². The molecule has 0 fully saturated rings. The monoisotopic (exact) mass is 434 g/mol. The van der Waals surface area contributed by atoms with Gasteiger partial charge in [0.25, 0.3) is 5.69 Å². The quantitative estimate of drug-likeness (QED) is 0.231. The van der Waals surface area contributed by atoms with Crippen LogP contribution in [0.3, 0.4) is 0 Å². The number of ether oxygens (including phenoxy) is 2. The number of nitro benzene ring substituents is 1. The predicted molar refractivity (Wildman–Crippen MR) is 116 cm³/mol. The van der Waals surface area contributed by atoms with Crippen LogP contribution in [0.25, 0.3) is 6.08 Å². The Hall–Kier alpha value is -3.97. The predicted octanol–water partition coefficient (Wildman–Crippen LogP) is 5.17. The molecule has 0 radical (unpaired) electrons. The van der Waals surface area contributed by atoms with Crippen LogP contribution in [0.5, 0.6) is 5.75 Å². The number of benzene rings is 3. The van der Waals surface area contributed by atoms with E-state index in [2.05, 4.69) is 4.99 Å². The highest BCUT2D eigenvalue weighted by atomic mass is 35.5. The van der Waals surface area contributed by atoms with Crippen molar-refractivity contribution in [3.63, 3.8) is 0 Å². The SMILES string of the molecule is O=C1OC(c2ccc([N+](=O)[O-])cc2)=N/C1=C\c1ccc(OCc2ccc(Cl)cc2)cc1. The second-order valence-corrected chi connectivity index (χ2v) is 7.06. The molecule has 1 aliphatic rings. The molecule has 0 spiro atoms. The minimum absolute atomic E-state index is 0.0530. The Bertz CT molecular complexity index is 1180. The Morgan fingerprint density at radius 2 is 1.68 bits per heavy atom. The fraction of sp³-hybridized carbons (Fsp3) is 0.0435. The summed E-state index contributed by atoms with van der Waals surface area (Å²) in [5.74, 6) is 0.201. The van der Waals surface area contributed by atoms with Gasteiger partial charge in [-0.05, 0) is 53.6 Å². The summed E-state index contributed by atoms with van der Waals surface area (Å²) in [5.41, 5.74) is 2.32. The van der Waals surface area contributed by atoms with Gasteiger partial charge in [0.15, 0.2) is 5.70 Å². The zero-order valence-electron chi connectivity index (χ0n) is 16.0. The molecule has 4 rings (SSSR count). The van der Waals surface area contributed by atoms with E-state index in [0.717, 1.165) is 11.1 Å². The number of non-ortho nitro benzene ring substituents is 1. The normalized spacial score (nSPS) is 14.3. The van der Waals surface area contributed by atoms with Gasteiger partial charge >= 0.3 is 5.97 Å². The number of nitrogens with zero attached hydrogens (tertiary/aromatic N) is 2. The van der Waals surface area contributed by atoms with Crippen molar-refractivity contribution in [1.29, 1.82) is 0 Å². The summed E-state index contributed by atoms with van der Waals surface area (Å²) in [7, 11) is 0. The molecular formula is C23H15ClN2O5. The van der Waals surface area contributed by atoms with Gasteiger partial charge in [0, 0.05) is 22.7 Å². The molecule has 0 aliphatic carbocycles. The molecule has 0 amide bonds. The number of nitro groups is 1. The fourth-order valence-corrected chi connectivity index (χ4v) is 2.95. The first-order valence-corrected chi connectivity index (χ1v) is 9.60. The molecule has 7 nitrogen and oxygen atoms in total. The molecule has 31 heavy (non-hydrogen) atoms. The lowest BCUT2D eigenvalue weighted by Gasteiger charge is -2.06. The second-order valence-electron chi connectivity index (χ2n) is 6.62. The summed E-state index contributed by atoms with van der Waals surface area (Å²) >= 11 is 5.87. The molecule has 0 bridgehead atoms. The summed E-state index contributed by atoms with van der Waals surface area (Å²) in [6, 6.07) is 20.2. The van der Waals surface area contributed by atoms with Crippen LogP contribution in [0.2, 0.25) is 5.02 Å². The molecule has 0 unspecified atom stereocenters. The van der Waals surface area contributed by atoms with Gasteiger partial charge in [-0.25, -0.2) is 9.79 Å². The molecule has 8 heteroatoms. The van der Waals surface area contributed by atoms with E-state index in [-0.39, 0.29) is 17.3 Å². The third-order valence-electron chi connectivity index (χ3n) is 4.45. The maximum atomic E-state index is 12.1. The zero-order chi connectivity index (χ0) is 21.8. The Morgan fingerprint density at radius 1 is 1.00 bits per heavy atom. The maximum Gasteiger partial charge on any atom is 0.363 e. The number of hydrogen-bond acceptors (Lipinski definition) is 6. The molecule has 154 valence electrons. The van der Waals surface area contributed by atoms with Gasteiger partial charge < -0.3 is 9.47 Å². The van der Waals surface area contributed by atoms with E-state index in [0.29, 0.717) is 22.9 Å². The van der Waals surface area contributed by atoms with E-state index < -0.39 is 10.9 Å². The zero-order valence-corrected chi connectivity index (χ0v) is 16.8. The minimum Gasteiger partial charge on any atom is -0.489 e. The van der Waals surface area contributed by atoms with E-state index in [4.69, 9.17) is 21.1 Å². The average molecular weight is 435 g/mol. The number of halogens is 1. The van der Waals surface area contributed by atoms with Crippen LogP contribution in [-0.2, 0) is 16.1 Å². The standard InChI is InChI=1S/C23H15ClN2O5/c24-18-7-1-16(2-8-18)14-30-20-11-3-15(4-12-20)13-21-23(27)31-22(25-21)17-5-9-19(10-6-17)26(28)29/h1-13H,14H2/b21-13-. The average Bonchev–Trinajstić information content (AvgIpc) is 3.14. The summed E-state index contributed by atoms with van der Waals surface area (Å²) in [6.07, 6.45) is 1.60. The lowest BCUT2D eigenvalue weighted by molar-refractivity contribution is -0.384. The second kappa shape index (κ2) is 8.81. The van der Waals surface area contributed by atoms with Crippen molar-refractivity contribution >= 4 is 35.2 Å². The van der Waals surface area contributed by atoms with Gasteiger partial charge in [-0.1, -0.05) is 35.9 Å². The highest BCUT2D eigenvalue weighted by molar-refractivity contribution is 6.30. The molecule has 0 saturated heterocycles. The topological polar surface area (TPSA) is 91.0 Å².